The molecule has 2 N–H and O–H groups in total. The lowest BCUT2D eigenvalue weighted by Crippen LogP contribution is -2.02. The number of benzene rings is 1. The first-order valence-corrected chi connectivity index (χ1v) is 6.80. The van der Waals surface area contributed by atoms with Crippen LogP contribution in [0.1, 0.15) is 16.1 Å². The fourth-order valence-electron chi connectivity index (χ4n) is 1.48. The Bertz CT molecular complexity index is 597. The Morgan fingerprint density at radius 2 is 2.26 bits per heavy atom. The number of thioether (sulfide) groups is 1. The quantitative estimate of drug-likeness (QED) is 0.531. The van der Waals surface area contributed by atoms with Crippen LogP contribution in [0.2, 0.25) is 5.02 Å². The molecule has 2 aromatic rings. The molecule has 0 atom stereocenters. The number of anilines is 1. The molecule has 1 aromatic heterocycles. The number of nitrogens with two attached hydrogens (primary N) is 1. The monoisotopic (exact) mass is 297 g/mol. The summed E-state index contributed by atoms with van der Waals surface area (Å²) in [4.78, 5) is 12.4. The second-order valence-corrected chi connectivity index (χ2v) is 5.19. The lowest BCUT2D eigenvalue weighted by Gasteiger charge is -2.04. The van der Waals surface area contributed by atoms with E-state index >= 15 is 0 Å². The third kappa shape index (κ3) is 3.24. The van der Waals surface area contributed by atoms with Crippen molar-refractivity contribution in [3.8, 4) is 0 Å². The predicted molar refractivity (Wildman–Crippen MR) is 75.5 cm³/mol. The van der Waals surface area contributed by atoms with E-state index in [0.29, 0.717) is 16.5 Å². The van der Waals surface area contributed by atoms with Crippen molar-refractivity contribution in [3.05, 3.63) is 46.9 Å². The highest BCUT2D eigenvalue weighted by Crippen LogP contribution is 2.29. The molecule has 0 fully saturated rings. The molecule has 0 radical (unpaired) electrons. The number of hydrogen-bond acceptors (Lipinski definition) is 5. The molecule has 0 saturated heterocycles. The van der Waals surface area contributed by atoms with Crippen LogP contribution < -0.4 is 5.73 Å². The fraction of sp³-hybridized carbons (Fsp3) is 0.154. The number of halogens is 1. The zero-order valence-corrected chi connectivity index (χ0v) is 11.8. The summed E-state index contributed by atoms with van der Waals surface area (Å²) < 4.78 is 9.76. The highest BCUT2D eigenvalue weighted by atomic mass is 35.5. The number of furan rings is 1. The molecule has 6 heteroatoms. The van der Waals surface area contributed by atoms with Crippen LogP contribution in [0.5, 0.6) is 0 Å². The van der Waals surface area contributed by atoms with Gasteiger partial charge in [-0.15, -0.1) is 11.8 Å². The molecule has 1 heterocycles. The molecule has 0 spiro atoms. The van der Waals surface area contributed by atoms with Gasteiger partial charge in [-0.2, -0.15) is 0 Å². The number of hydrogen-bond donors (Lipinski definition) is 1. The molecule has 100 valence electrons. The van der Waals surface area contributed by atoms with Gasteiger partial charge < -0.3 is 14.9 Å². The summed E-state index contributed by atoms with van der Waals surface area (Å²) in [6, 6.07) is 7.17. The molecule has 2 rings (SSSR count). The molecule has 0 aliphatic heterocycles. The van der Waals surface area contributed by atoms with Gasteiger partial charge in [0.2, 0.25) is 5.76 Å². The Labute approximate surface area is 119 Å². The normalized spacial score (nSPS) is 10.4. The number of nitrogen functional groups attached to an aromatic ring is 1. The second-order valence-electron chi connectivity index (χ2n) is 3.74. The van der Waals surface area contributed by atoms with Gasteiger partial charge in [-0.25, -0.2) is 4.79 Å². The van der Waals surface area contributed by atoms with Crippen molar-refractivity contribution in [2.24, 2.45) is 0 Å². The van der Waals surface area contributed by atoms with Crippen LogP contribution in [0.25, 0.3) is 0 Å². The summed E-state index contributed by atoms with van der Waals surface area (Å²) in [5, 5.41) is 0.519. The van der Waals surface area contributed by atoms with Crippen LogP contribution in [-0.4, -0.2) is 13.1 Å². The lowest BCUT2D eigenvalue weighted by molar-refractivity contribution is 0.0564. The molecule has 0 bridgehead atoms. The third-order valence-corrected chi connectivity index (χ3v) is 3.85. The smallest absolute Gasteiger partial charge is 0.374 e. The van der Waals surface area contributed by atoms with Crippen LogP contribution in [0.3, 0.4) is 0 Å². The van der Waals surface area contributed by atoms with Gasteiger partial charge in [-0.05, 0) is 24.3 Å². The minimum Gasteiger partial charge on any atom is -0.463 e. The van der Waals surface area contributed by atoms with E-state index in [-0.39, 0.29) is 5.76 Å². The van der Waals surface area contributed by atoms with Crippen LogP contribution in [0, 0.1) is 0 Å². The molecular weight excluding hydrogens is 286 g/mol. The summed E-state index contributed by atoms with van der Waals surface area (Å²) in [5.74, 6) is 0.341. The van der Waals surface area contributed by atoms with Crippen molar-refractivity contribution >= 4 is 35.0 Å². The van der Waals surface area contributed by atoms with E-state index in [1.807, 2.05) is 6.07 Å². The van der Waals surface area contributed by atoms with Crippen molar-refractivity contribution in [2.45, 2.75) is 10.6 Å². The Hall–Kier alpha value is -1.59. The van der Waals surface area contributed by atoms with Crippen LogP contribution in [-0.2, 0) is 10.5 Å². The van der Waals surface area contributed by atoms with E-state index in [1.54, 1.807) is 18.2 Å². The number of ether oxygens (including phenoxy) is 1. The molecule has 1 aromatic carbocycles. The highest BCUT2D eigenvalue weighted by molar-refractivity contribution is 7.98. The summed E-state index contributed by atoms with van der Waals surface area (Å²) in [6.45, 7) is 0. The van der Waals surface area contributed by atoms with E-state index in [9.17, 15) is 4.79 Å². The minimum atomic E-state index is -0.476. The SMILES string of the molecule is COC(=O)c1occc1CSc1ccc(N)c(Cl)c1. The zero-order chi connectivity index (χ0) is 13.8. The predicted octanol–water partition coefficient (Wildman–Crippen LogP) is 3.59. The van der Waals surface area contributed by atoms with E-state index in [0.717, 1.165) is 10.5 Å². The van der Waals surface area contributed by atoms with Gasteiger partial charge >= 0.3 is 5.97 Å². The number of methoxy groups -OCH3 is 1. The number of carbonyl (C=O) groups is 1. The van der Waals surface area contributed by atoms with E-state index in [1.165, 1.54) is 25.1 Å². The van der Waals surface area contributed by atoms with Gasteiger partial charge in [0.05, 0.1) is 24.1 Å². The Kier molecular flexibility index (Phi) is 4.39. The van der Waals surface area contributed by atoms with Crippen molar-refractivity contribution in [1.82, 2.24) is 0 Å². The molecule has 0 unspecified atom stereocenters. The Morgan fingerprint density at radius 3 is 2.95 bits per heavy atom. The Balaban J connectivity index is 2.08. The van der Waals surface area contributed by atoms with Crippen molar-refractivity contribution in [3.63, 3.8) is 0 Å². The number of rotatable bonds is 4. The van der Waals surface area contributed by atoms with Gasteiger partial charge in [-0.3, -0.25) is 0 Å². The van der Waals surface area contributed by atoms with Crippen molar-refractivity contribution < 1.29 is 13.9 Å². The van der Waals surface area contributed by atoms with Gasteiger partial charge in [0.25, 0.3) is 0 Å². The van der Waals surface area contributed by atoms with Gasteiger partial charge in [-0.1, -0.05) is 11.6 Å². The molecular formula is C13H12ClNO3S. The summed E-state index contributed by atoms with van der Waals surface area (Å²) >= 11 is 7.48. The standard InChI is InChI=1S/C13H12ClNO3S/c1-17-13(16)12-8(4-5-18-12)7-19-9-2-3-11(15)10(14)6-9/h2-6H,7,15H2,1H3. The summed E-state index contributed by atoms with van der Waals surface area (Å²) in [6.07, 6.45) is 1.47. The zero-order valence-electron chi connectivity index (χ0n) is 10.2. The summed E-state index contributed by atoms with van der Waals surface area (Å²) in [5.41, 5.74) is 6.97. The van der Waals surface area contributed by atoms with Crippen LogP contribution >= 0.6 is 23.4 Å². The molecule has 4 nitrogen and oxygen atoms in total. The maximum atomic E-state index is 11.4. The van der Waals surface area contributed by atoms with Gasteiger partial charge in [0.1, 0.15) is 0 Å². The first kappa shape index (κ1) is 13.8. The molecule has 19 heavy (non-hydrogen) atoms. The summed E-state index contributed by atoms with van der Waals surface area (Å²) in [7, 11) is 1.32. The minimum absolute atomic E-state index is 0.233. The average Bonchev–Trinajstić information content (AvgIpc) is 2.87. The van der Waals surface area contributed by atoms with Crippen LogP contribution in [0.15, 0.2) is 39.8 Å². The number of esters is 1. The lowest BCUT2D eigenvalue weighted by atomic mass is 10.3. The second kappa shape index (κ2) is 6.04. The molecule has 0 saturated carbocycles. The molecule has 0 amide bonds. The topological polar surface area (TPSA) is 65.5 Å². The van der Waals surface area contributed by atoms with Crippen LogP contribution in [0.4, 0.5) is 5.69 Å². The third-order valence-electron chi connectivity index (χ3n) is 2.48. The first-order valence-electron chi connectivity index (χ1n) is 5.44. The highest BCUT2D eigenvalue weighted by Gasteiger charge is 2.15. The van der Waals surface area contributed by atoms with Gasteiger partial charge in [0, 0.05) is 16.2 Å². The van der Waals surface area contributed by atoms with E-state index < -0.39 is 5.97 Å². The molecule has 0 aliphatic carbocycles. The fourth-order valence-corrected chi connectivity index (χ4v) is 2.64. The van der Waals surface area contributed by atoms with Gasteiger partial charge in [0.15, 0.2) is 0 Å². The average molecular weight is 298 g/mol. The van der Waals surface area contributed by atoms with E-state index in [2.05, 4.69) is 4.74 Å². The largest absolute Gasteiger partial charge is 0.463 e. The molecule has 0 aliphatic rings. The number of carbonyl (C=O) groups excluding carboxylic acids is 1. The Morgan fingerprint density at radius 1 is 1.47 bits per heavy atom. The van der Waals surface area contributed by atoms with Crippen molar-refractivity contribution in [2.75, 3.05) is 12.8 Å². The first-order chi connectivity index (χ1) is 9.11. The van der Waals surface area contributed by atoms with E-state index in [4.69, 9.17) is 21.8 Å². The maximum Gasteiger partial charge on any atom is 0.374 e. The maximum absolute atomic E-state index is 11.4. The van der Waals surface area contributed by atoms with Crippen molar-refractivity contribution in [1.29, 1.82) is 0 Å².